The van der Waals surface area contributed by atoms with Crippen LogP contribution in [0.5, 0.6) is 0 Å². The van der Waals surface area contributed by atoms with Crippen LogP contribution in [0.3, 0.4) is 0 Å². The number of imidazole rings is 1. The molecule has 1 aromatic rings. The van der Waals surface area contributed by atoms with Gasteiger partial charge in [-0.15, -0.1) is 0 Å². The maximum Gasteiger partial charge on any atom is 0.255 e. The topological polar surface area (TPSA) is 19.7 Å². The molecule has 0 aliphatic rings. The fourth-order valence-corrected chi connectivity index (χ4v) is 2.24. The first kappa shape index (κ1) is 14.9. The monoisotopic (exact) mass is 436 g/mol. The van der Waals surface area contributed by atoms with Crippen LogP contribution in [0.15, 0.2) is 9.21 Å². The Balaban J connectivity index is 0.00000169. The van der Waals surface area contributed by atoms with E-state index in [1.165, 1.54) is 18.7 Å². The summed E-state index contributed by atoms with van der Waals surface area (Å²) in [5.74, 6) is 1.27. The quantitative estimate of drug-likeness (QED) is 0.513. The minimum absolute atomic E-state index is 0. The van der Waals surface area contributed by atoms with Crippen LogP contribution in [0.1, 0.15) is 32.5 Å². The Morgan fingerprint density at radius 2 is 1.93 bits per heavy atom. The molecule has 0 saturated heterocycles. The van der Waals surface area contributed by atoms with Crippen LogP contribution >= 0.6 is 31.9 Å². The van der Waals surface area contributed by atoms with E-state index in [-0.39, 0.29) is 24.0 Å². The molecule has 0 spiro atoms. The second-order valence-electron chi connectivity index (χ2n) is 3.04. The van der Waals surface area contributed by atoms with Gasteiger partial charge in [-0.05, 0) is 6.42 Å². The summed E-state index contributed by atoms with van der Waals surface area (Å²) in [6, 6.07) is 0. The molecule has 5 heteroatoms. The smallest absolute Gasteiger partial charge is 0.255 e. The minimum atomic E-state index is 0. The molecule has 2 nitrogen and oxygen atoms in total. The zero-order valence-corrected chi connectivity index (χ0v) is 13.7. The summed E-state index contributed by atoms with van der Waals surface area (Å²) in [4.78, 5) is 3.30. The van der Waals surface area contributed by atoms with E-state index in [0.29, 0.717) is 0 Å². The van der Waals surface area contributed by atoms with Gasteiger partial charge in [-0.1, -0.05) is 20.3 Å². The van der Waals surface area contributed by atoms with Crippen LogP contribution in [0.25, 0.3) is 0 Å². The van der Waals surface area contributed by atoms with Gasteiger partial charge in [0.2, 0.25) is 9.21 Å². The Hall–Kier alpha value is 0.900. The molecule has 0 aromatic carbocycles. The first-order valence-corrected chi connectivity index (χ1v) is 6.25. The van der Waals surface area contributed by atoms with E-state index >= 15 is 0 Å². The van der Waals surface area contributed by atoms with Crippen molar-refractivity contribution in [3.8, 4) is 0 Å². The molecule has 82 valence electrons. The molecular formula is C9H15Br2IN2. The van der Waals surface area contributed by atoms with E-state index in [1.54, 1.807) is 0 Å². The summed E-state index contributed by atoms with van der Waals surface area (Å²) in [5.41, 5.74) is 0. The van der Waals surface area contributed by atoms with E-state index in [0.717, 1.165) is 22.2 Å². The lowest BCUT2D eigenvalue weighted by molar-refractivity contribution is -0.713. The first-order chi connectivity index (χ1) is 6.20. The van der Waals surface area contributed by atoms with Gasteiger partial charge >= 0.3 is 0 Å². The highest BCUT2D eigenvalue weighted by Gasteiger charge is 2.18. The van der Waals surface area contributed by atoms with Crippen LogP contribution in [0.2, 0.25) is 0 Å². The summed E-state index contributed by atoms with van der Waals surface area (Å²) in [5, 5.41) is 0. The van der Waals surface area contributed by atoms with Gasteiger partial charge in [-0.25, -0.2) is 9.55 Å². The Labute approximate surface area is 119 Å². The second-order valence-corrected chi connectivity index (χ2v) is 4.58. The largest absolute Gasteiger partial charge is 1.00 e. The third-order valence-corrected chi connectivity index (χ3v) is 4.00. The third-order valence-electron chi connectivity index (χ3n) is 2.07. The van der Waals surface area contributed by atoms with Crippen molar-refractivity contribution in [1.29, 1.82) is 0 Å². The molecule has 0 amide bonds. The number of rotatable bonds is 4. The number of nitrogens with zero attached hydrogens (tertiary/aromatic N) is 1. The van der Waals surface area contributed by atoms with Crippen LogP contribution in [0.4, 0.5) is 0 Å². The predicted octanol–water partition coefficient (Wildman–Crippen LogP) is 0.194. The molecule has 1 rings (SSSR count). The Morgan fingerprint density at radius 3 is 2.43 bits per heavy atom. The van der Waals surface area contributed by atoms with Crippen molar-refractivity contribution in [2.75, 3.05) is 0 Å². The van der Waals surface area contributed by atoms with E-state index in [9.17, 15) is 0 Å². The number of unbranched alkanes of at least 4 members (excludes halogenated alkanes) is 1. The highest BCUT2D eigenvalue weighted by Crippen LogP contribution is 2.18. The molecule has 14 heavy (non-hydrogen) atoms. The van der Waals surface area contributed by atoms with Gasteiger partial charge in [0.1, 0.15) is 0 Å². The summed E-state index contributed by atoms with van der Waals surface area (Å²) in [6.07, 6.45) is 3.49. The standard InChI is InChI=1S/C9H14Br2N2.HI/c1-3-5-6-13-7(4-2)12-8(10)9(13)11;/h3-6H2,1-2H3;1H. The number of hydrogen-bond donors (Lipinski definition) is 1. The predicted molar refractivity (Wildman–Crippen MR) is 60.7 cm³/mol. The van der Waals surface area contributed by atoms with Crippen molar-refractivity contribution >= 4 is 31.9 Å². The molecular weight excluding hydrogens is 423 g/mol. The van der Waals surface area contributed by atoms with Gasteiger partial charge in [0.15, 0.2) is 0 Å². The summed E-state index contributed by atoms with van der Waals surface area (Å²) < 4.78 is 4.45. The summed E-state index contributed by atoms with van der Waals surface area (Å²) in [6.45, 7) is 5.46. The molecule has 0 atom stereocenters. The lowest BCUT2D eigenvalue weighted by Crippen LogP contribution is -3.00. The van der Waals surface area contributed by atoms with Crippen molar-refractivity contribution in [3.05, 3.63) is 15.0 Å². The number of H-pyrrole nitrogens is 1. The second kappa shape index (κ2) is 7.22. The molecule has 0 unspecified atom stereocenters. The Morgan fingerprint density at radius 1 is 1.29 bits per heavy atom. The number of hydrogen-bond acceptors (Lipinski definition) is 0. The van der Waals surface area contributed by atoms with Gasteiger partial charge in [-0.3, -0.25) is 0 Å². The molecule has 1 N–H and O–H groups in total. The average Bonchev–Trinajstić information content (AvgIpc) is 2.40. The van der Waals surface area contributed by atoms with E-state index < -0.39 is 0 Å². The SMILES string of the molecule is CCCC[n+]1c(CC)[nH]c(Br)c1Br.[I-]. The van der Waals surface area contributed by atoms with Gasteiger partial charge in [0.25, 0.3) is 5.82 Å². The highest BCUT2D eigenvalue weighted by molar-refractivity contribution is 9.13. The Kier molecular flexibility index (Phi) is 7.68. The fourth-order valence-electron chi connectivity index (χ4n) is 1.31. The molecule has 0 saturated carbocycles. The van der Waals surface area contributed by atoms with Gasteiger partial charge in [-0.2, -0.15) is 0 Å². The lowest BCUT2D eigenvalue weighted by Gasteiger charge is -1.98. The molecule has 1 aromatic heterocycles. The number of aromatic nitrogens is 2. The lowest BCUT2D eigenvalue weighted by atomic mass is 10.3. The van der Waals surface area contributed by atoms with Gasteiger partial charge in [0, 0.05) is 38.3 Å². The maximum absolute atomic E-state index is 3.56. The summed E-state index contributed by atoms with van der Waals surface area (Å²) in [7, 11) is 0. The number of nitrogens with one attached hydrogen (secondary N) is 1. The molecule has 1 heterocycles. The Bertz CT molecular complexity index is 287. The van der Waals surface area contributed by atoms with E-state index in [1.807, 2.05) is 0 Å². The van der Waals surface area contributed by atoms with Crippen molar-refractivity contribution in [1.82, 2.24) is 4.98 Å². The maximum atomic E-state index is 3.56. The molecule has 0 bridgehead atoms. The molecule has 0 fully saturated rings. The number of aryl methyl sites for hydroxylation is 1. The van der Waals surface area contributed by atoms with E-state index in [2.05, 4.69) is 55.3 Å². The molecule has 0 aliphatic carbocycles. The van der Waals surface area contributed by atoms with Crippen LogP contribution in [0, 0.1) is 0 Å². The highest BCUT2D eigenvalue weighted by atomic mass is 127. The average molecular weight is 438 g/mol. The molecule has 0 radical (unpaired) electrons. The zero-order valence-electron chi connectivity index (χ0n) is 8.41. The van der Waals surface area contributed by atoms with Crippen molar-refractivity contribution in [3.63, 3.8) is 0 Å². The van der Waals surface area contributed by atoms with Crippen molar-refractivity contribution in [2.45, 2.75) is 39.7 Å². The zero-order chi connectivity index (χ0) is 9.84. The minimum Gasteiger partial charge on any atom is -1.00 e. The fraction of sp³-hybridized carbons (Fsp3) is 0.667. The van der Waals surface area contributed by atoms with Crippen LogP contribution < -0.4 is 28.5 Å². The van der Waals surface area contributed by atoms with Gasteiger partial charge in [0.05, 0.1) is 6.54 Å². The van der Waals surface area contributed by atoms with Crippen molar-refractivity contribution in [2.24, 2.45) is 0 Å². The number of halogens is 3. The van der Waals surface area contributed by atoms with Crippen molar-refractivity contribution < 1.29 is 28.5 Å². The normalized spacial score (nSPS) is 10.0. The summed E-state index contributed by atoms with van der Waals surface area (Å²) >= 11 is 7.03. The van der Waals surface area contributed by atoms with Gasteiger partial charge < -0.3 is 24.0 Å². The van der Waals surface area contributed by atoms with Crippen LogP contribution in [-0.4, -0.2) is 4.98 Å². The van der Waals surface area contributed by atoms with Crippen LogP contribution in [-0.2, 0) is 13.0 Å². The van der Waals surface area contributed by atoms with E-state index in [4.69, 9.17) is 0 Å². The number of aromatic amines is 1. The first-order valence-electron chi connectivity index (χ1n) is 4.66. The molecule has 0 aliphatic heterocycles. The third kappa shape index (κ3) is 3.48.